The smallest absolute Gasteiger partial charge is 0.362 e. The lowest BCUT2D eigenvalue weighted by molar-refractivity contribution is -0.887. The summed E-state index contributed by atoms with van der Waals surface area (Å²) in [7, 11) is 5.50. The molecule has 0 aliphatic carbocycles. The van der Waals surface area contributed by atoms with Gasteiger partial charge in [0.05, 0.1) is 34.4 Å². The number of carboxylic acids is 1. The molecule has 0 heterocycles. The van der Waals surface area contributed by atoms with Crippen LogP contribution in [0.4, 0.5) is 0 Å². The van der Waals surface area contributed by atoms with Gasteiger partial charge in [-0.15, -0.1) is 0 Å². The lowest BCUT2D eigenvalue weighted by Gasteiger charge is -2.31. The summed E-state index contributed by atoms with van der Waals surface area (Å²) in [5.74, 6) is -1.55. The van der Waals surface area contributed by atoms with E-state index < -0.39 is 18.1 Å². The van der Waals surface area contributed by atoms with Crippen molar-refractivity contribution in [3.8, 4) is 0 Å². The second kappa shape index (κ2) is 40.5. The quantitative estimate of drug-likeness (QED) is 0.0285. The third kappa shape index (κ3) is 38.3. The molecule has 2 unspecified atom stereocenters. The van der Waals surface area contributed by atoms with Gasteiger partial charge in [0, 0.05) is 19.3 Å². The molecule has 0 saturated carbocycles. The van der Waals surface area contributed by atoms with Gasteiger partial charge >= 0.3 is 17.9 Å². The van der Waals surface area contributed by atoms with Gasteiger partial charge in [-0.1, -0.05) is 151 Å². The number of ether oxygens (including phenoxy) is 3. The van der Waals surface area contributed by atoms with Crippen LogP contribution in [-0.2, 0) is 28.6 Å². The van der Waals surface area contributed by atoms with Crippen LogP contribution in [0.5, 0.6) is 0 Å². The average Bonchev–Trinajstić information content (AvgIpc) is 3.18. The first-order chi connectivity index (χ1) is 28.1. The Bertz CT molecular complexity index is 1180. The Morgan fingerprint density at radius 1 is 0.534 bits per heavy atom. The van der Waals surface area contributed by atoms with Crippen LogP contribution >= 0.6 is 0 Å². The minimum atomic E-state index is -0.887. The number of quaternary nitrogens is 1. The van der Waals surface area contributed by atoms with Gasteiger partial charge < -0.3 is 23.8 Å². The lowest BCUT2D eigenvalue weighted by Crippen LogP contribution is -2.50. The fraction of sp³-hybridized carbons (Fsp3) is 0.700. The number of carbonyl (C=O) groups excluding carboxylic acids is 2. The van der Waals surface area contributed by atoms with Crippen molar-refractivity contribution in [2.24, 2.45) is 0 Å². The molecule has 8 heteroatoms. The third-order valence-corrected chi connectivity index (χ3v) is 9.84. The van der Waals surface area contributed by atoms with Gasteiger partial charge in [-0.2, -0.15) is 0 Å². The Kier molecular flexibility index (Phi) is 38.3. The number of allylic oxidation sites excluding steroid dienone is 12. The minimum absolute atomic E-state index is 0.0339. The molecule has 0 radical (unpaired) electrons. The Labute approximate surface area is 355 Å². The number of unbranched alkanes of at least 4 members (excludes halogenated alkanes) is 14. The minimum Gasteiger partial charge on any atom is -0.477 e. The summed E-state index contributed by atoms with van der Waals surface area (Å²) in [6.07, 6.45) is 50.9. The van der Waals surface area contributed by atoms with Gasteiger partial charge in [-0.05, 0) is 77.0 Å². The summed E-state index contributed by atoms with van der Waals surface area (Å²) in [6.45, 7) is 4.55. The molecule has 332 valence electrons. The summed E-state index contributed by atoms with van der Waals surface area (Å²) in [4.78, 5) is 37.0. The number of rotatable bonds is 40. The molecule has 0 spiro atoms. The zero-order chi connectivity index (χ0) is 42.8. The molecule has 0 bridgehead atoms. The fourth-order valence-corrected chi connectivity index (χ4v) is 6.30. The van der Waals surface area contributed by atoms with Crippen LogP contribution in [0.15, 0.2) is 72.9 Å². The number of esters is 2. The van der Waals surface area contributed by atoms with Crippen molar-refractivity contribution in [2.75, 3.05) is 41.0 Å². The zero-order valence-electron chi connectivity index (χ0n) is 37.7. The maximum absolute atomic E-state index is 12.7. The molecule has 8 nitrogen and oxygen atoms in total. The molecule has 0 aliphatic heterocycles. The molecular weight excluding hydrogens is 727 g/mol. The number of aliphatic carboxylic acids is 1. The van der Waals surface area contributed by atoms with E-state index >= 15 is 0 Å². The number of nitrogens with zero attached hydrogens (tertiary/aromatic N) is 1. The van der Waals surface area contributed by atoms with E-state index in [0.717, 1.165) is 57.8 Å². The Hall–Kier alpha value is -3.23. The highest BCUT2D eigenvalue weighted by Gasteiger charge is 2.31. The Morgan fingerprint density at radius 3 is 1.50 bits per heavy atom. The van der Waals surface area contributed by atoms with Crippen LogP contribution in [0.25, 0.3) is 0 Å². The maximum atomic E-state index is 12.7. The van der Waals surface area contributed by atoms with E-state index in [-0.39, 0.29) is 42.7 Å². The Balaban J connectivity index is 4.43. The number of hydrogen-bond donors (Lipinski definition) is 1. The first-order valence-corrected chi connectivity index (χ1v) is 23.0. The van der Waals surface area contributed by atoms with Crippen molar-refractivity contribution in [1.29, 1.82) is 0 Å². The normalized spacial score (nSPS) is 13.6. The van der Waals surface area contributed by atoms with Crippen LogP contribution in [0, 0.1) is 0 Å². The van der Waals surface area contributed by atoms with Crippen molar-refractivity contribution in [1.82, 2.24) is 0 Å². The molecule has 0 fully saturated rings. The van der Waals surface area contributed by atoms with Crippen LogP contribution in [0.3, 0.4) is 0 Å². The predicted octanol–water partition coefficient (Wildman–Crippen LogP) is 12.7. The standard InChI is InChI=1S/C50H85NO7/c1-6-8-10-12-14-16-18-20-22-24-26-28-30-32-34-36-38-40-48(52)57-45-46(44-56-43-42-47(50(54)55)51(3,4)5)58-49(53)41-39-37-35-33-31-29-27-25-23-21-19-17-15-13-11-9-7-2/h9,11,15,17,20-23,27,29,33,35,46-47H,6-8,10,12-14,16,18-19,24-26,28,30-32,34,36-45H2,1-5H3/p+1/b11-9+,17-15+,22-20+,23-21+,29-27+,35-33+. The molecular formula is C50H86NO7+. The van der Waals surface area contributed by atoms with Gasteiger partial charge in [0.2, 0.25) is 0 Å². The van der Waals surface area contributed by atoms with Gasteiger partial charge in [-0.25, -0.2) is 4.79 Å². The molecule has 2 atom stereocenters. The van der Waals surface area contributed by atoms with E-state index in [9.17, 15) is 19.5 Å². The third-order valence-electron chi connectivity index (χ3n) is 9.84. The topological polar surface area (TPSA) is 99.1 Å². The molecule has 0 amide bonds. The fourth-order valence-electron chi connectivity index (χ4n) is 6.30. The highest BCUT2D eigenvalue weighted by molar-refractivity contribution is 5.72. The van der Waals surface area contributed by atoms with E-state index in [4.69, 9.17) is 14.2 Å². The largest absolute Gasteiger partial charge is 0.477 e. The van der Waals surface area contributed by atoms with Crippen LogP contribution < -0.4 is 0 Å². The Morgan fingerprint density at radius 2 is 0.983 bits per heavy atom. The monoisotopic (exact) mass is 813 g/mol. The van der Waals surface area contributed by atoms with Crippen LogP contribution in [-0.4, -0.2) is 80.6 Å². The number of carbonyl (C=O) groups is 3. The summed E-state index contributed by atoms with van der Waals surface area (Å²) in [6, 6.07) is -0.628. The first kappa shape index (κ1) is 54.8. The first-order valence-electron chi connectivity index (χ1n) is 23.0. The van der Waals surface area contributed by atoms with E-state index in [0.29, 0.717) is 19.3 Å². The van der Waals surface area contributed by atoms with Gasteiger partial charge in [0.1, 0.15) is 6.61 Å². The lowest BCUT2D eigenvalue weighted by atomic mass is 10.1. The van der Waals surface area contributed by atoms with Gasteiger partial charge in [0.15, 0.2) is 12.1 Å². The van der Waals surface area contributed by atoms with Crippen molar-refractivity contribution >= 4 is 17.9 Å². The van der Waals surface area contributed by atoms with Gasteiger partial charge in [-0.3, -0.25) is 9.59 Å². The number of likely N-dealkylation sites (N-methyl/N-ethyl adjacent to an activating group) is 1. The van der Waals surface area contributed by atoms with E-state index in [1.54, 1.807) is 0 Å². The molecule has 0 saturated heterocycles. The predicted molar refractivity (Wildman–Crippen MR) is 243 cm³/mol. The average molecular weight is 813 g/mol. The van der Waals surface area contributed by atoms with E-state index in [1.807, 2.05) is 21.1 Å². The highest BCUT2D eigenvalue weighted by Crippen LogP contribution is 2.13. The molecule has 1 N–H and O–H groups in total. The van der Waals surface area contributed by atoms with E-state index in [2.05, 4.69) is 86.8 Å². The second-order valence-corrected chi connectivity index (χ2v) is 16.3. The van der Waals surface area contributed by atoms with Crippen molar-refractivity contribution in [3.05, 3.63) is 72.9 Å². The SMILES string of the molecule is CC/C=C/C/C=C/C/C=C/C/C=C/C/C=C/CCCC(=O)OC(COCCC(C(=O)O)[N+](C)(C)C)COC(=O)CCCCCCCCC/C=C/CCCCCCCC. The number of carboxylic acid groups (broad SMARTS) is 1. The van der Waals surface area contributed by atoms with Crippen LogP contribution in [0.2, 0.25) is 0 Å². The summed E-state index contributed by atoms with van der Waals surface area (Å²) in [5, 5.41) is 9.63. The second-order valence-electron chi connectivity index (χ2n) is 16.3. The maximum Gasteiger partial charge on any atom is 0.362 e. The number of hydrogen-bond acceptors (Lipinski definition) is 6. The zero-order valence-corrected chi connectivity index (χ0v) is 37.7. The molecule has 0 aromatic rings. The van der Waals surface area contributed by atoms with Gasteiger partial charge in [0.25, 0.3) is 0 Å². The van der Waals surface area contributed by atoms with Crippen molar-refractivity contribution in [3.63, 3.8) is 0 Å². The van der Waals surface area contributed by atoms with E-state index in [1.165, 1.54) is 77.0 Å². The van der Waals surface area contributed by atoms with Crippen molar-refractivity contribution in [2.45, 2.75) is 187 Å². The summed E-state index contributed by atoms with van der Waals surface area (Å²) in [5.41, 5.74) is 0. The summed E-state index contributed by atoms with van der Waals surface area (Å²) >= 11 is 0. The van der Waals surface area contributed by atoms with Crippen molar-refractivity contribution < 1.29 is 38.2 Å². The molecule has 0 rings (SSSR count). The highest BCUT2D eigenvalue weighted by atomic mass is 16.6. The van der Waals surface area contributed by atoms with Crippen LogP contribution in [0.1, 0.15) is 174 Å². The molecule has 58 heavy (non-hydrogen) atoms. The molecule has 0 aromatic heterocycles. The molecule has 0 aliphatic rings. The summed E-state index contributed by atoms with van der Waals surface area (Å²) < 4.78 is 17.2. The molecule has 0 aromatic carbocycles.